The molecule has 0 radical (unpaired) electrons. The summed E-state index contributed by atoms with van der Waals surface area (Å²) in [7, 11) is 0. The van der Waals surface area contributed by atoms with Crippen LogP contribution in [0.1, 0.15) is 24.8 Å². The highest BCUT2D eigenvalue weighted by Gasteiger charge is 2.47. The summed E-state index contributed by atoms with van der Waals surface area (Å²) in [5, 5.41) is 8.87. The van der Waals surface area contributed by atoms with E-state index >= 15 is 0 Å². The molecule has 0 unspecified atom stereocenters. The molecule has 16 heavy (non-hydrogen) atoms. The number of carbonyl (C=O) groups is 1. The van der Waals surface area contributed by atoms with Crippen LogP contribution in [0.3, 0.4) is 0 Å². The Kier molecular flexibility index (Phi) is 2.62. The lowest BCUT2D eigenvalue weighted by atomic mass is 9.64. The van der Waals surface area contributed by atoms with Gasteiger partial charge in [0.2, 0.25) is 0 Å². The zero-order valence-corrected chi connectivity index (χ0v) is 9.02. The highest BCUT2D eigenvalue weighted by atomic mass is 35.5. The first-order chi connectivity index (χ1) is 7.47. The van der Waals surface area contributed by atoms with E-state index in [2.05, 4.69) is 0 Å². The van der Waals surface area contributed by atoms with E-state index in [1.165, 1.54) is 0 Å². The highest BCUT2D eigenvalue weighted by molar-refractivity contribution is 6.30. The van der Waals surface area contributed by atoms with Gasteiger partial charge in [0.25, 0.3) is 0 Å². The summed E-state index contributed by atoms with van der Waals surface area (Å²) in [5.74, 6) is -2.80. The molecule has 1 N–H and O–H groups in total. The first-order valence-electron chi connectivity index (χ1n) is 4.86. The van der Waals surface area contributed by atoms with Crippen molar-refractivity contribution in [3.63, 3.8) is 0 Å². The van der Waals surface area contributed by atoms with E-state index in [9.17, 15) is 13.6 Å². The summed E-state index contributed by atoms with van der Waals surface area (Å²) in [6.07, 6.45) is 1.45. The maximum Gasteiger partial charge on any atom is 0.314 e. The topological polar surface area (TPSA) is 37.3 Å². The van der Waals surface area contributed by atoms with Gasteiger partial charge in [-0.05, 0) is 18.9 Å². The van der Waals surface area contributed by atoms with E-state index in [1.54, 1.807) is 0 Å². The minimum atomic E-state index is -1.22. The molecule has 2 nitrogen and oxygen atoms in total. The van der Waals surface area contributed by atoms with Crippen LogP contribution in [0, 0.1) is 11.6 Å². The van der Waals surface area contributed by atoms with Gasteiger partial charge in [-0.1, -0.05) is 18.0 Å². The van der Waals surface area contributed by atoms with E-state index in [4.69, 9.17) is 16.7 Å². The maximum atomic E-state index is 13.5. The van der Waals surface area contributed by atoms with Crippen molar-refractivity contribution in [1.29, 1.82) is 0 Å². The summed E-state index contributed by atoms with van der Waals surface area (Å²) in [5.41, 5.74) is -1.24. The second-order valence-corrected chi connectivity index (χ2v) is 4.39. The molecule has 1 aliphatic carbocycles. The van der Waals surface area contributed by atoms with Crippen LogP contribution in [-0.2, 0) is 10.2 Å². The van der Waals surface area contributed by atoms with Gasteiger partial charge in [-0.2, -0.15) is 0 Å². The second-order valence-electron chi connectivity index (χ2n) is 3.99. The molecule has 5 heteroatoms. The minimum absolute atomic E-state index is 0.0161. The molecule has 0 atom stereocenters. The Hall–Kier alpha value is -1.16. The Morgan fingerprint density at radius 2 is 1.94 bits per heavy atom. The van der Waals surface area contributed by atoms with E-state index in [0.29, 0.717) is 18.9 Å². The lowest BCUT2D eigenvalue weighted by Gasteiger charge is -2.38. The zero-order chi connectivity index (χ0) is 11.9. The zero-order valence-electron chi connectivity index (χ0n) is 8.27. The quantitative estimate of drug-likeness (QED) is 0.814. The van der Waals surface area contributed by atoms with Crippen molar-refractivity contribution in [3.8, 4) is 0 Å². The molecule has 1 fully saturated rings. The van der Waals surface area contributed by atoms with E-state index in [0.717, 1.165) is 12.5 Å². The Morgan fingerprint density at radius 3 is 2.38 bits per heavy atom. The molecular formula is C11H9ClF2O2. The fraction of sp³-hybridized carbons (Fsp3) is 0.364. The lowest BCUT2D eigenvalue weighted by Crippen LogP contribution is -2.43. The van der Waals surface area contributed by atoms with E-state index < -0.39 is 23.0 Å². The summed E-state index contributed by atoms with van der Waals surface area (Å²) in [6.45, 7) is 0. The van der Waals surface area contributed by atoms with Crippen LogP contribution in [0.4, 0.5) is 8.78 Å². The van der Waals surface area contributed by atoms with Gasteiger partial charge < -0.3 is 5.11 Å². The lowest BCUT2D eigenvalue weighted by molar-refractivity contribution is -0.147. The van der Waals surface area contributed by atoms with Gasteiger partial charge >= 0.3 is 5.97 Å². The standard InChI is InChI=1S/C11H9ClF2O2/c12-7-4-6(8(13)5-9(7)14)11(10(15)16)2-1-3-11/h4-5H,1-3H2,(H,15,16). The van der Waals surface area contributed by atoms with E-state index in [-0.39, 0.29) is 10.6 Å². The van der Waals surface area contributed by atoms with Crippen LogP contribution in [0.15, 0.2) is 12.1 Å². The average molecular weight is 247 g/mol. The number of hydrogen-bond donors (Lipinski definition) is 1. The van der Waals surface area contributed by atoms with Crippen molar-refractivity contribution < 1.29 is 18.7 Å². The van der Waals surface area contributed by atoms with Gasteiger partial charge in [0.05, 0.1) is 10.4 Å². The van der Waals surface area contributed by atoms with Crippen LogP contribution in [-0.4, -0.2) is 11.1 Å². The van der Waals surface area contributed by atoms with Crippen molar-refractivity contribution in [2.45, 2.75) is 24.7 Å². The summed E-state index contributed by atoms with van der Waals surface area (Å²) in [4.78, 5) is 11.1. The van der Waals surface area contributed by atoms with Crippen LogP contribution >= 0.6 is 11.6 Å². The average Bonchev–Trinajstić information content (AvgIpc) is 2.11. The SMILES string of the molecule is O=C(O)C1(c2cc(Cl)c(F)cc2F)CCC1. The molecule has 1 saturated carbocycles. The molecule has 0 bridgehead atoms. The molecule has 2 rings (SSSR count). The molecule has 0 heterocycles. The summed E-state index contributed by atoms with van der Waals surface area (Å²) >= 11 is 5.54. The van der Waals surface area contributed by atoms with Crippen LogP contribution in [0.25, 0.3) is 0 Å². The van der Waals surface area contributed by atoms with Crippen molar-refractivity contribution in [2.24, 2.45) is 0 Å². The number of rotatable bonds is 2. The number of carboxylic acid groups (broad SMARTS) is 1. The van der Waals surface area contributed by atoms with Crippen LogP contribution in [0.2, 0.25) is 5.02 Å². The first kappa shape index (κ1) is 11.3. The Balaban J connectivity index is 2.55. The van der Waals surface area contributed by atoms with Gasteiger partial charge in [-0.15, -0.1) is 0 Å². The normalized spacial score (nSPS) is 17.9. The number of hydrogen-bond acceptors (Lipinski definition) is 1. The largest absolute Gasteiger partial charge is 0.481 e. The van der Waals surface area contributed by atoms with Crippen molar-refractivity contribution in [1.82, 2.24) is 0 Å². The first-order valence-corrected chi connectivity index (χ1v) is 5.23. The summed E-state index contributed by atoms with van der Waals surface area (Å²) in [6, 6.07) is 1.72. The number of aliphatic carboxylic acids is 1. The molecule has 0 aliphatic heterocycles. The number of carboxylic acids is 1. The second kappa shape index (κ2) is 3.70. The molecule has 1 aromatic carbocycles. The van der Waals surface area contributed by atoms with Crippen LogP contribution < -0.4 is 0 Å². The molecule has 0 saturated heterocycles. The smallest absolute Gasteiger partial charge is 0.314 e. The summed E-state index contributed by atoms with van der Waals surface area (Å²) < 4.78 is 26.5. The minimum Gasteiger partial charge on any atom is -0.481 e. The predicted octanol–water partition coefficient (Wildman–Crippen LogP) is 3.12. The van der Waals surface area contributed by atoms with Crippen LogP contribution in [0.5, 0.6) is 0 Å². The number of halogens is 3. The molecule has 86 valence electrons. The van der Waals surface area contributed by atoms with Crippen molar-refractivity contribution >= 4 is 17.6 Å². The van der Waals surface area contributed by atoms with Crippen molar-refractivity contribution in [2.75, 3.05) is 0 Å². The molecule has 1 aromatic rings. The van der Waals surface area contributed by atoms with Gasteiger partial charge in [0.1, 0.15) is 11.6 Å². The molecule has 0 aromatic heterocycles. The maximum absolute atomic E-state index is 13.5. The third kappa shape index (κ3) is 1.48. The Labute approximate surface area is 95.8 Å². The monoisotopic (exact) mass is 246 g/mol. The van der Waals surface area contributed by atoms with Gasteiger partial charge in [0.15, 0.2) is 0 Å². The van der Waals surface area contributed by atoms with Gasteiger partial charge in [-0.3, -0.25) is 4.79 Å². The number of benzene rings is 1. The van der Waals surface area contributed by atoms with Crippen molar-refractivity contribution in [3.05, 3.63) is 34.4 Å². The fourth-order valence-electron chi connectivity index (χ4n) is 2.02. The fourth-order valence-corrected chi connectivity index (χ4v) is 2.18. The Bertz CT molecular complexity index is 456. The molecule has 0 spiro atoms. The molecule has 0 amide bonds. The van der Waals surface area contributed by atoms with Gasteiger partial charge in [0, 0.05) is 11.6 Å². The molecular weight excluding hydrogens is 238 g/mol. The predicted molar refractivity (Wildman–Crippen MR) is 54.5 cm³/mol. The Morgan fingerprint density at radius 1 is 1.31 bits per heavy atom. The third-order valence-electron chi connectivity index (χ3n) is 3.14. The highest BCUT2D eigenvalue weighted by Crippen LogP contribution is 2.45. The van der Waals surface area contributed by atoms with Gasteiger partial charge in [-0.25, -0.2) is 8.78 Å². The third-order valence-corrected chi connectivity index (χ3v) is 3.43. The molecule has 1 aliphatic rings. The van der Waals surface area contributed by atoms with E-state index in [1.807, 2.05) is 0 Å².